The van der Waals surface area contributed by atoms with Crippen LogP contribution < -0.4 is 21.3 Å². The predicted octanol–water partition coefficient (Wildman–Crippen LogP) is 5.48. The zero-order chi connectivity index (χ0) is 38.4. The molecule has 16 heteroatoms. The Balaban J connectivity index is 0.00000290. The van der Waals surface area contributed by atoms with Gasteiger partial charge in [-0.15, -0.1) is 37.2 Å². The number of nitrogens with one attached hydrogen (secondary N) is 4. The number of benzene rings is 2. The number of pyridine rings is 2. The van der Waals surface area contributed by atoms with Crippen molar-refractivity contribution in [2.24, 2.45) is 0 Å². The highest BCUT2D eigenvalue weighted by molar-refractivity contribution is 6.32. The quantitative estimate of drug-likeness (QED) is 0.0811. The molecule has 2 aromatic heterocycles. The third-order valence-electron chi connectivity index (χ3n) is 9.75. The zero-order valence-electron chi connectivity index (χ0n) is 32.9. The second kappa shape index (κ2) is 21.2. The second-order valence-electron chi connectivity index (χ2n) is 14.3. The van der Waals surface area contributed by atoms with Crippen molar-refractivity contribution in [1.82, 2.24) is 24.7 Å². The Kier molecular flexibility index (Phi) is 17.4. The van der Waals surface area contributed by atoms with E-state index in [9.17, 15) is 19.2 Å². The van der Waals surface area contributed by atoms with Gasteiger partial charge in [-0.25, -0.2) is 0 Å². The van der Waals surface area contributed by atoms with Crippen LogP contribution in [-0.4, -0.2) is 135 Å². The Bertz CT molecular complexity index is 1930. The third-order valence-corrected chi connectivity index (χ3v) is 9.75. The highest BCUT2D eigenvalue weighted by Crippen LogP contribution is 2.38. The van der Waals surface area contributed by atoms with Gasteiger partial charge in [-0.05, 0) is 97.6 Å². The Morgan fingerprint density at radius 2 is 0.754 bits per heavy atom. The van der Waals surface area contributed by atoms with Gasteiger partial charge in [-0.3, -0.25) is 29.1 Å². The van der Waals surface area contributed by atoms with Crippen LogP contribution >= 0.6 is 37.2 Å². The fraction of sp³-hybridized carbons (Fsp3) is 0.366. The number of ketones is 4. The second-order valence-corrected chi connectivity index (χ2v) is 14.3. The van der Waals surface area contributed by atoms with E-state index in [0.717, 1.165) is 39.0 Å². The first-order valence-corrected chi connectivity index (χ1v) is 18.4. The highest BCUT2D eigenvalue weighted by Gasteiger charge is 2.35. The Hall–Kier alpha value is -4.63. The summed E-state index contributed by atoms with van der Waals surface area (Å²) < 4.78 is 0. The van der Waals surface area contributed by atoms with Crippen molar-refractivity contribution in [3.8, 4) is 0 Å². The number of anilines is 4. The number of rotatable bonds is 18. The van der Waals surface area contributed by atoms with Crippen molar-refractivity contribution in [3.05, 3.63) is 106 Å². The number of hydrogen-bond donors (Lipinski definition) is 4. The first-order valence-electron chi connectivity index (χ1n) is 18.4. The van der Waals surface area contributed by atoms with E-state index < -0.39 is 0 Å². The lowest BCUT2D eigenvalue weighted by molar-refractivity contribution is 0.0980. The lowest BCUT2D eigenvalue weighted by Crippen LogP contribution is -2.27. The normalized spacial score (nSPS) is 12.5. The summed E-state index contributed by atoms with van der Waals surface area (Å²) in [6.45, 7) is 5.64. The number of fused-ring (bicyclic) bond motifs is 4. The minimum absolute atomic E-state index is 0. The Labute approximate surface area is 353 Å². The van der Waals surface area contributed by atoms with Crippen molar-refractivity contribution >= 4 is 83.1 Å². The summed E-state index contributed by atoms with van der Waals surface area (Å²) in [4.78, 5) is 69.4. The van der Waals surface area contributed by atoms with E-state index in [2.05, 4.69) is 53.0 Å². The number of halogens is 3. The summed E-state index contributed by atoms with van der Waals surface area (Å²) in [5.41, 5.74) is 5.53. The SMILES string of the molecule is CN(C)CCNc1ccc(NCCCN(C)CCCNc2ccc(NCCN(C)C)c3c2C(=O)c2cnccc2C3=O)c2c1C(=O)c1ccncc1C2=O.Cl.Cl.Cl. The number of likely N-dealkylation sites (N-methyl/N-ethyl adjacent to an activating group) is 2. The Morgan fingerprint density at radius 1 is 0.439 bits per heavy atom. The number of nitrogens with zero attached hydrogens (tertiary/aromatic N) is 5. The van der Waals surface area contributed by atoms with Gasteiger partial charge < -0.3 is 36.0 Å². The molecule has 6 rings (SSSR count). The van der Waals surface area contributed by atoms with Gasteiger partial charge in [-0.1, -0.05) is 0 Å². The molecule has 2 heterocycles. The minimum atomic E-state index is -0.209. The summed E-state index contributed by atoms with van der Waals surface area (Å²) in [6, 6.07) is 10.7. The molecule has 2 aliphatic rings. The van der Waals surface area contributed by atoms with E-state index in [1.54, 1.807) is 24.5 Å². The molecule has 306 valence electrons. The molecule has 57 heavy (non-hydrogen) atoms. The molecule has 0 fully saturated rings. The molecule has 2 aromatic carbocycles. The van der Waals surface area contributed by atoms with Gasteiger partial charge in [0, 0.05) is 97.9 Å². The van der Waals surface area contributed by atoms with Gasteiger partial charge in [-0.2, -0.15) is 0 Å². The van der Waals surface area contributed by atoms with Crippen molar-refractivity contribution in [2.75, 3.05) is 109 Å². The largest absolute Gasteiger partial charge is 0.384 e. The standard InChI is InChI=1S/C41H49N9O4.3ClH/c1-48(2)22-18-46-32-10-8-30(36-34(32)38(51)26-12-16-42-24-28(26)40(36)53)44-14-6-20-50(5)21-7-15-45-31-9-11-33(47-19-23-49(3)4)35-37(31)41(54)29-25-43-17-13-27(29)39(35)52;;;/h8-13,16-17,24-25,44-47H,6-7,14-15,18-23H2,1-5H3;3*1H. The van der Waals surface area contributed by atoms with E-state index in [1.165, 1.54) is 12.4 Å². The molecule has 0 amide bonds. The van der Waals surface area contributed by atoms with E-state index in [4.69, 9.17) is 0 Å². The lowest BCUT2D eigenvalue weighted by Gasteiger charge is -2.24. The molecule has 2 aliphatic carbocycles. The number of hydrogen-bond acceptors (Lipinski definition) is 13. The molecular formula is C41H52Cl3N9O4. The van der Waals surface area contributed by atoms with Crippen molar-refractivity contribution in [3.63, 3.8) is 0 Å². The van der Waals surface area contributed by atoms with Crippen LogP contribution in [0.3, 0.4) is 0 Å². The first-order chi connectivity index (χ1) is 26.1. The maximum atomic E-state index is 13.7. The number of carbonyl (C=O) groups excluding carboxylic acids is 4. The van der Waals surface area contributed by atoms with Gasteiger partial charge in [0.05, 0.1) is 33.4 Å². The molecule has 0 aliphatic heterocycles. The minimum Gasteiger partial charge on any atom is -0.384 e. The summed E-state index contributed by atoms with van der Waals surface area (Å²) in [5, 5.41) is 13.6. The average Bonchev–Trinajstić information content (AvgIpc) is 3.16. The van der Waals surface area contributed by atoms with Gasteiger partial charge in [0.15, 0.2) is 23.1 Å². The van der Waals surface area contributed by atoms with E-state index in [-0.39, 0.29) is 60.4 Å². The molecule has 0 spiro atoms. The summed E-state index contributed by atoms with van der Waals surface area (Å²) in [7, 11) is 10.0. The average molecular weight is 841 g/mol. The molecular weight excluding hydrogens is 789 g/mol. The van der Waals surface area contributed by atoms with Gasteiger partial charge >= 0.3 is 0 Å². The molecule has 0 bridgehead atoms. The molecule has 4 N–H and O–H groups in total. The molecule has 0 saturated carbocycles. The van der Waals surface area contributed by atoms with E-state index in [0.29, 0.717) is 93.4 Å². The van der Waals surface area contributed by atoms with Crippen LogP contribution in [0, 0.1) is 0 Å². The van der Waals surface area contributed by atoms with Crippen LogP contribution in [0.15, 0.2) is 61.2 Å². The molecule has 13 nitrogen and oxygen atoms in total. The van der Waals surface area contributed by atoms with Gasteiger partial charge in [0.25, 0.3) is 0 Å². The topological polar surface area (TPSA) is 152 Å². The van der Waals surface area contributed by atoms with Gasteiger partial charge in [0.2, 0.25) is 0 Å². The van der Waals surface area contributed by atoms with Crippen molar-refractivity contribution in [2.45, 2.75) is 12.8 Å². The molecule has 0 saturated heterocycles. The zero-order valence-corrected chi connectivity index (χ0v) is 35.4. The van der Waals surface area contributed by atoms with E-state index in [1.807, 2.05) is 52.5 Å². The maximum Gasteiger partial charge on any atom is 0.198 e. The van der Waals surface area contributed by atoms with Gasteiger partial charge in [0.1, 0.15) is 0 Å². The lowest BCUT2D eigenvalue weighted by atomic mass is 9.83. The molecule has 0 atom stereocenters. The third kappa shape index (κ3) is 10.5. The van der Waals surface area contributed by atoms with Crippen molar-refractivity contribution in [1.29, 1.82) is 0 Å². The van der Waals surface area contributed by atoms with Crippen LogP contribution in [0.1, 0.15) is 76.5 Å². The first kappa shape index (κ1) is 46.8. The molecule has 0 radical (unpaired) electrons. The summed E-state index contributed by atoms with van der Waals surface area (Å²) in [6.07, 6.45) is 7.64. The summed E-state index contributed by atoms with van der Waals surface area (Å²) >= 11 is 0. The maximum absolute atomic E-state index is 13.7. The number of aromatic nitrogens is 2. The molecule has 4 aromatic rings. The smallest absolute Gasteiger partial charge is 0.198 e. The van der Waals surface area contributed by atoms with Crippen LogP contribution in [0.25, 0.3) is 0 Å². The van der Waals surface area contributed by atoms with Crippen LogP contribution in [0.2, 0.25) is 0 Å². The predicted molar refractivity (Wildman–Crippen MR) is 235 cm³/mol. The fourth-order valence-electron chi connectivity index (χ4n) is 6.91. The van der Waals surface area contributed by atoms with Crippen LogP contribution in [0.5, 0.6) is 0 Å². The highest BCUT2D eigenvalue weighted by atomic mass is 35.5. The monoisotopic (exact) mass is 839 g/mol. The van der Waals surface area contributed by atoms with Crippen LogP contribution in [0.4, 0.5) is 22.7 Å². The van der Waals surface area contributed by atoms with E-state index >= 15 is 0 Å². The summed E-state index contributed by atoms with van der Waals surface area (Å²) in [5.74, 6) is -0.784. The molecule has 0 unspecified atom stereocenters. The number of carbonyl (C=O) groups is 4. The van der Waals surface area contributed by atoms with Crippen molar-refractivity contribution < 1.29 is 19.2 Å². The Morgan fingerprint density at radius 3 is 1.09 bits per heavy atom. The fourth-order valence-corrected chi connectivity index (χ4v) is 6.91. The van der Waals surface area contributed by atoms with Crippen LogP contribution in [-0.2, 0) is 0 Å².